The van der Waals surface area contributed by atoms with Crippen LogP contribution in [0.4, 0.5) is 0 Å². The van der Waals surface area contributed by atoms with Gasteiger partial charge in [0.05, 0.1) is 0 Å². The molecule has 0 bridgehead atoms. The third-order valence-corrected chi connectivity index (χ3v) is 3.10. The van der Waals surface area contributed by atoms with E-state index >= 15 is 0 Å². The fourth-order valence-corrected chi connectivity index (χ4v) is 1.81. The molecule has 0 aromatic carbocycles. The lowest BCUT2D eigenvalue weighted by Crippen LogP contribution is -2.22. The van der Waals surface area contributed by atoms with E-state index in [1.165, 1.54) is 11.8 Å². The third-order valence-electron chi connectivity index (χ3n) is 1.35. The van der Waals surface area contributed by atoms with E-state index in [1.54, 1.807) is 0 Å². The van der Waals surface area contributed by atoms with Gasteiger partial charge in [-0.05, 0) is 18.1 Å². The molecule has 1 N–H and O–H groups in total. The Hall–Kier alpha value is -0.180. The zero-order chi connectivity index (χ0) is 8.85. The molecular weight excluding hydrogens is 160 g/mol. The Morgan fingerprint density at radius 3 is 2.36 bits per heavy atom. The molecule has 0 aliphatic heterocycles. The molecule has 0 aromatic heterocycles. The zero-order valence-corrected chi connectivity index (χ0v) is 8.15. The number of hydrogen-bond donors (Lipinski definition) is 1. The van der Waals surface area contributed by atoms with Crippen molar-refractivity contribution < 1.29 is 9.90 Å². The first-order valence-corrected chi connectivity index (χ1v) is 4.98. The van der Waals surface area contributed by atoms with Crippen LogP contribution in [0.3, 0.4) is 0 Å². The molecule has 0 amide bonds. The molecule has 1 atom stereocenters. The smallest absolute Gasteiger partial charge is 0.316 e. The SMILES string of the molecule is CCCSC(C(=O)O)C(C)C. The van der Waals surface area contributed by atoms with Crippen molar-refractivity contribution in [2.24, 2.45) is 5.92 Å². The lowest BCUT2D eigenvalue weighted by atomic mass is 10.1. The van der Waals surface area contributed by atoms with Gasteiger partial charge in [-0.25, -0.2) is 0 Å². The van der Waals surface area contributed by atoms with Crippen molar-refractivity contribution in [1.29, 1.82) is 0 Å². The maximum atomic E-state index is 10.6. The molecule has 3 heteroatoms. The summed E-state index contributed by atoms with van der Waals surface area (Å²) in [6.45, 7) is 5.95. The van der Waals surface area contributed by atoms with Crippen LogP contribution in [-0.4, -0.2) is 22.1 Å². The molecule has 0 aromatic rings. The van der Waals surface area contributed by atoms with Gasteiger partial charge in [0.1, 0.15) is 5.25 Å². The van der Waals surface area contributed by atoms with Gasteiger partial charge < -0.3 is 5.11 Å². The van der Waals surface area contributed by atoms with E-state index in [4.69, 9.17) is 5.11 Å². The zero-order valence-electron chi connectivity index (χ0n) is 7.33. The van der Waals surface area contributed by atoms with Crippen molar-refractivity contribution in [2.75, 3.05) is 5.75 Å². The highest BCUT2D eigenvalue weighted by Gasteiger charge is 2.20. The van der Waals surface area contributed by atoms with Gasteiger partial charge in [-0.2, -0.15) is 0 Å². The summed E-state index contributed by atoms with van der Waals surface area (Å²) in [6, 6.07) is 0. The van der Waals surface area contributed by atoms with Crippen LogP contribution in [0.2, 0.25) is 0 Å². The number of aliphatic carboxylic acids is 1. The summed E-state index contributed by atoms with van der Waals surface area (Å²) in [6.07, 6.45) is 1.04. The van der Waals surface area contributed by atoms with Crippen molar-refractivity contribution in [3.05, 3.63) is 0 Å². The summed E-state index contributed by atoms with van der Waals surface area (Å²) in [4.78, 5) is 10.6. The minimum atomic E-state index is -0.682. The van der Waals surface area contributed by atoms with Crippen LogP contribution >= 0.6 is 11.8 Å². The van der Waals surface area contributed by atoms with Crippen molar-refractivity contribution in [1.82, 2.24) is 0 Å². The minimum Gasteiger partial charge on any atom is -0.480 e. The molecule has 0 rings (SSSR count). The molecule has 1 unspecified atom stereocenters. The van der Waals surface area contributed by atoms with Crippen LogP contribution in [0.1, 0.15) is 27.2 Å². The first-order valence-electron chi connectivity index (χ1n) is 3.94. The Balaban J connectivity index is 3.80. The highest BCUT2D eigenvalue weighted by Crippen LogP contribution is 2.20. The van der Waals surface area contributed by atoms with Gasteiger partial charge in [0, 0.05) is 0 Å². The average molecular weight is 176 g/mol. The molecule has 0 fully saturated rings. The van der Waals surface area contributed by atoms with Gasteiger partial charge >= 0.3 is 5.97 Å². The van der Waals surface area contributed by atoms with Gasteiger partial charge in [-0.3, -0.25) is 4.79 Å². The Kier molecular flexibility index (Phi) is 5.38. The van der Waals surface area contributed by atoms with E-state index in [0.717, 1.165) is 12.2 Å². The van der Waals surface area contributed by atoms with Gasteiger partial charge in [-0.1, -0.05) is 20.8 Å². The lowest BCUT2D eigenvalue weighted by molar-refractivity contribution is -0.137. The molecule has 11 heavy (non-hydrogen) atoms. The molecule has 0 spiro atoms. The Morgan fingerprint density at radius 1 is 1.55 bits per heavy atom. The Labute approximate surface area is 72.4 Å². The minimum absolute atomic E-state index is 0.226. The van der Waals surface area contributed by atoms with E-state index in [9.17, 15) is 4.79 Å². The molecule has 0 aliphatic rings. The summed E-state index contributed by atoms with van der Waals surface area (Å²) in [5.74, 6) is 0.484. The van der Waals surface area contributed by atoms with Crippen LogP contribution < -0.4 is 0 Å². The van der Waals surface area contributed by atoms with E-state index in [2.05, 4.69) is 6.92 Å². The number of thioether (sulfide) groups is 1. The van der Waals surface area contributed by atoms with E-state index in [0.29, 0.717) is 0 Å². The Bertz CT molecular complexity index is 123. The number of carbonyl (C=O) groups is 1. The number of carboxylic acids is 1. The predicted molar refractivity (Wildman–Crippen MR) is 49.0 cm³/mol. The molecule has 0 heterocycles. The summed E-state index contributed by atoms with van der Waals surface area (Å²) in [5.41, 5.74) is 0. The highest BCUT2D eigenvalue weighted by atomic mass is 32.2. The third kappa shape index (κ3) is 4.30. The van der Waals surface area contributed by atoms with Crippen molar-refractivity contribution in [3.63, 3.8) is 0 Å². The summed E-state index contributed by atoms with van der Waals surface area (Å²) in [5, 5.41) is 8.52. The van der Waals surface area contributed by atoms with E-state index in [1.807, 2.05) is 13.8 Å². The highest BCUT2D eigenvalue weighted by molar-refractivity contribution is 8.00. The maximum absolute atomic E-state index is 10.6. The second kappa shape index (κ2) is 5.47. The summed E-state index contributed by atoms with van der Waals surface area (Å²) < 4.78 is 0. The average Bonchev–Trinajstić information content (AvgIpc) is 1.87. The molecule has 0 saturated carbocycles. The predicted octanol–water partition coefficient (Wildman–Crippen LogP) is 2.24. The second-order valence-corrected chi connectivity index (χ2v) is 4.12. The largest absolute Gasteiger partial charge is 0.480 e. The first kappa shape index (κ1) is 10.8. The van der Waals surface area contributed by atoms with Crippen molar-refractivity contribution >= 4 is 17.7 Å². The van der Waals surface area contributed by atoms with Gasteiger partial charge in [0.2, 0.25) is 0 Å². The van der Waals surface area contributed by atoms with Crippen LogP contribution in [0.15, 0.2) is 0 Å². The number of carboxylic acid groups (broad SMARTS) is 1. The molecule has 0 aliphatic carbocycles. The Morgan fingerprint density at radius 2 is 2.09 bits per heavy atom. The van der Waals surface area contributed by atoms with Crippen LogP contribution in [0.25, 0.3) is 0 Å². The van der Waals surface area contributed by atoms with E-state index in [-0.39, 0.29) is 11.2 Å². The fraction of sp³-hybridized carbons (Fsp3) is 0.875. The van der Waals surface area contributed by atoms with E-state index < -0.39 is 5.97 Å². The topological polar surface area (TPSA) is 37.3 Å². The number of hydrogen-bond acceptors (Lipinski definition) is 2. The van der Waals surface area contributed by atoms with Crippen LogP contribution in [0, 0.1) is 5.92 Å². The van der Waals surface area contributed by atoms with Crippen molar-refractivity contribution in [3.8, 4) is 0 Å². The standard InChI is InChI=1S/C8H16O2S/c1-4-5-11-7(6(2)3)8(9)10/h6-7H,4-5H2,1-3H3,(H,9,10). The quantitative estimate of drug-likeness (QED) is 0.698. The first-order chi connectivity index (χ1) is 5.09. The molecule has 66 valence electrons. The molecule has 0 saturated heterocycles. The lowest BCUT2D eigenvalue weighted by Gasteiger charge is -2.14. The van der Waals surface area contributed by atoms with Gasteiger partial charge in [0.25, 0.3) is 0 Å². The fourth-order valence-electron chi connectivity index (χ4n) is 0.794. The monoisotopic (exact) mass is 176 g/mol. The molecular formula is C8H16O2S. The number of rotatable bonds is 5. The van der Waals surface area contributed by atoms with Gasteiger partial charge in [-0.15, -0.1) is 11.8 Å². The van der Waals surface area contributed by atoms with Gasteiger partial charge in [0.15, 0.2) is 0 Å². The van der Waals surface area contributed by atoms with Crippen LogP contribution in [0.5, 0.6) is 0 Å². The summed E-state index contributed by atoms with van der Waals surface area (Å²) >= 11 is 1.54. The second-order valence-electron chi connectivity index (χ2n) is 2.87. The molecule has 0 radical (unpaired) electrons. The normalized spacial score (nSPS) is 13.5. The van der Waals surface area contributed by atoms with Crippen LogP contribution in [-0.2, 0) is 4.79 Å². The summed E-state index contributed by atoms with van der Waals surface area (Å²) in [7, 11) is 0. The maximum Gasteiger partial charge on any atom is 0.316 e. The van der Waals surface area contributed by atoms with Crippen molar-refractivity contribution in [2.45, 2.75) is 32.4 Å². The molecule has 2 nitrogen and oxygen atoms in total.